The van der Waals surface area contributed by atoms with Crippen LogP contribution in [0, 0.1) is 5.92 Å². The van der Waals surface area contributed by atoms with Gasteiger partial charge in [-0.05, 0) is 61.4 Å². The van der Waals surface area contributed by atoms with E-state index in [0.29, 0.717) is 30.2 Å². The number of benzene rings is 2. The van der Waals surface area contributed by atoms with Crippen LogP contribution in [0.2, 0.25) is 0 Å². The Morgan fingerprint density at radius 2 is 2.03 bits per heavy atom. The van der Waals surface area contributed by atoms with E-state index in [1.54, 1.807) is 30.0 Å². The quantitative estimate of drug-likeness (QED) is 0.710. The molecule has 7 nitrogen and oxygen atoms in total. The molecule has 2 aromatic rings. The molecule has 3 amide bonds. The van der Waals surface area contributed by atoms with Crippen LogP contribution in [-0.4, -0.2) is 49.5 Å². The third-order valence-electron chi connectivity index (χ3n) is 5.31. The van der Waals surface area contributed by atoms with Gasteiger partial charge in [0.1, 0.15) is 0 Å². The Balaban J connectivity index is 1.29. The van der Waals surface area contributed by atoms with Crippen LogP contribution in [0.4, 0.5) is 10.5 Å². The van der Waals surface area contributed by atoms with Gasteiger partial charge in [-0.2, -0.15) is 0 Å². The molecule has 1 saturated heterocycles. The Morgan fingerprint density at radius 3 is 2.90 bits per heavy atom. The first-order valence-corrected chi connectivity index (χ1v) is 11.2. The minimum atomic E-state index is -0.149. The lowest BCUT2D eigenvalue weighted by molar-refractivity contribution is 0.0938. The number of urea groups is 1. The third kappa shape index (κ3) is 4.81. The second kappa shape index (κ2) is 9.30. The maximum Gasteiger partial charge on any atom is 0.321 e. The number of carbonyl (C=O) groups is 2. The maximum atomic E-state index is 12.7. The first kappa shape index (κ1) is 20.4. The Kier molecular flexibility index (Phi) is 6.32. The van der Waals surface area contributed by atoms with E-state index in [0.717, 1.165) is 30.0 Å². The second-order valence-corrected chi connectivity index (χ2v) is 8.27. The number of fused-ring (bicyclic) bond motifs is 1. The second-order valence-electron chi connectivity index (χ2n) is 7.39. The van der Waals surface area contributed by atoms with Gasteiger partial charge in [-0.25, -0.2) is 4.79 Å². The molecule has 158 valence electrons. The molecule has 0 bridgehead atoms. The van der Waals surface area contributed by atoms with Crippen LogP contribution in [0.3, 0.4) is 0 Å². The maximum absolute atomic E-state index is 12.7. The van der Waals surface area contributed by atoms with Crippen LogP contribution in [-0.2, 0) is 0 Å². The summed E-state index contributed by atoms with van der Waals surface area (Å²) in [7, 11) is 0. The van der Waals surface area contributed by atoms with Crippen LogP contribution in [0.1, 0.15) is 23.2 Å². The van der Waals surface area contributed by atoms with Gasteiger partial charge in [-0.1, -0.05) is 6.07 Å². The van der Waals surface area contributed by atoms with Gasteiger partial charge in [-0.15, -0.1) is 11.8 Å². The van der Waals surface area contributed by atoms with Gasteiger partial charge in [0, 0.05) is 35.8 Å². The highest BCUT2D eigenvalue weighted by atomic mass is 32.2. The van der Waals surface area contributed by atoms with Gasteiger partial charge in [0.25, 0.3) is 5.91 Å². The Labute approximate surface area is 180 Å². The zero-order valence-corrected chi connectivity index (χ0v) is 17.7. The molecular formula is C22H25N3O4S. The first-order valence-electron chi connectivity index (χ1n) is 10.00. The minimum Gasteiger partial charge on any atom is -0.454 e. The van der Waals surface area contributed by atoms with Gasteiger partial charge in [-0.3, -0.25) is 4.79 Å². The van der Waals surface area contributed by atoms with Crippen LogP contribution in [0.25, 0.3) is 0 Å². The number of nitrogens with zero attached hydrogens (tertiary/aromatic N) is 1. The summed E-state index contributed by atoms with van der Waals surface area (Å²) >= 11 is 1.64. The highest BCUT2D eigenvalue weighted by molar-refractivity contribution is 7.98. The molecule has 0 radical (unpaired) electrons. The summed E-state index contributed by atoms with van der Waals surface area (Å²) in [4.78, 5) is 28.1. The molecule has 0 aromatic heterocycles. The van der Waals surface area contributed by atoms with E-state index in [1.165, 1.54) is 0 Å². The van der Waals surface area contributed by atoms with Crippen molar-refractivity contribution in [3.05, 3.63) is 48.0 Å². The standard InChI is InChI=1S/C22H25N3O4S/c1-30-18-6-2-5-17(11-18)24-22(27)25-9-3-4-15(13-25)12-23-21(26)16-7-8-19-20(10-16)29-14-28-19/h2,5-8,10-11,15H,3-4,9,12-14H2,1H3,(H,23,26)(H,24,27)/t15-/m0/s1. The van der Waals surface area contributed by atoms with Crippen molar-refractivity contribution in [2.24, 2.45) is 5.92 Å². The smallest absolute Gasteiger partial charge is 0.321 e. The van der Waals surface area contributed by atoms with Gasteiger partial charge >= 0.3 is 6.03 Å². The van der Waals surface area contributed by atoms with E-state index in [2.05, 4.69) is 10.6 Å². The van der Waals surface area contributed by atoms with Crippen LogP contribution >= 0.6 is 11.8 Å². The SMILES string of the molecule is CSc1cccc(NC(=O)N2CCC[C@@H](CNC(=O)c3ccc4c(c3)OCO4)C2)c1. The third-order valence-corrected chi connectivity index (χ3v) is 6.04. The highest BCUT2D eigenvalue weighted by Gasteiger charge is 2.24. The van der Waals surface area contributed by atoms with Gasteiger partial charge < -0.3 is 25.0 Å². The van der Waals surface area contributed by atoms with Crippen molar-refractivity contribution in [1.82, 2.24) is 10.2 Å². The van der Waals surface area contributed by atoms with Crippen LogP contribution < -0.4 is 20.1 Å². The van der Waals surface area contributed by atoms with E-state index in [4.69, 9.17) is 9.47 Å². The molecule has 2 aliphatic heterocycles. The fourth-order valence-electron chi connectivity index (χ4n) is 3.70. The number of piperidine rings is 1. The van der Waals surface area contributed by atoms with Crippen molar-refractivity contribution in [3.8, 4) is 11.5 Å². The number of thioether (sulfide) groups is 1. The van der Waals surface area contributed by atoms with E-state index in [9.17, 15) is 9.59 Å². The van der Waals surface area contributed by atoms with Crippen LogP contribution in [0.15, 0.2) is 47.4 Å². The number of carbonyl (C=O) groups excluding carboxylic acids is 2. The summed E-state index contributed by atoms with van der Waals surface area (Å²) in [5.41, 5.74) is 1.34. The largest absolute Gasteiger partial charge is 0.454 e. The molecule has 0 saturated carbocycles. The molecule has 4 rings (SSSR count). The molecule has 1 fully saturated rings. The number of hydrogen-bond acceptors (Lipinski definition) is 5. The molecule has 0 unspecified atom stereocenters. The molecule has 0 spiro atoms. The predicted octanol–water partition coefficient (Wildman–Crippen LogP) is 3.81. The molecule has 8 heteroatoms. The van der Waals surface area contributed by atoms with Gasteiger partial charge in [0.15, 0.2) is 11.5 Å². The lowest BCUT2D eigenvalue weighted by Crippen LogP contribution is -2.45. The van der Waals surface area contributed by atoms with Crippen LogP contribution in [0.5, 0.6) is 11.5 Å². The molecular weight excluding hydrogens is 402 g/mol. The highest BCUT2D eigenvalue weighted by Crippen LogP contribution is 2.32. The summed E-state index contributed by atoms with van der Waals surface area (Å²) in [5, 5.41) is 5.97. The van der Waals surface area contributed by atoms with Crippen molar-refractivity contribution in [2.45, 2.75) is 17.7 Å². The van der Waals surface area contributed by atoms with E-state index < -0.39 is 0 Å². The number of likely N-dealkylation sites (tertiary alicyclic amines) is 1. The number of anilines is 1. The Hall–Kier alpha value is -2.87. The minimum absolute atomic E-state index is 0.0972. The number of ether oxygens (including phenoxy) is 2. The number of hydrogen-bond donors (Lipinski definition) is 2. The van der Waals surface area contributed by atoms with E-state index >= 15 is 0 Å². The van der Waals surface area contributed by atoms with Crippen molar-refractivity contribution < 1.29 is 19.1 Å². The summed E-state index contributed by atoms with van der Waals surface area (Å²) in [6.07, 6.45) is 3.91. The first-order chi connectivity index (χ1) is 14.6. The van der Waals surface area contributed by atoms with Crippen molar-refractivity contribution >= 4 is 29.4 Å². The van der Waals surface area contributed by atoms with E-state index in [-0.39, 0.29) is 24.6 Å². The average Bonchev–Trinajstić information content (AvgIpc) is 3.25. The summed E-state index contributed by atoms with van der Waals surface area (Å²) in [6.45, 7) is 2.05. The number of nitrogens with one attached hydrogen (secondary N) is 2. The lowest BCUT2D eigenvalue weighted by Gasteiger charge is -2.33. The zero-order valence-electron chi connectivity index (χ0n) is 16.8. The zero-order chi connectivity index (χ0) is 20.9. The summed E-state index contributed by atoms with van der Waals surface area (Å²) in [6, 6.07) is 12.9. The molecule has 2 N–H and O–H groups in total. The molecule has 2 aromatic carbocycles. The van der Waals surface area contributed by atoms with E-state index in [1.807, 2.05) is 35.4 Å². The lowest BCUT2D eigenvalue weighted by atomic mass is 9.98. The molecule has 1 atom stereocenters. The molecule has 0 aliphatic carbocycles. The van der Waals surface area contributed by atoms with Gasteiger partial charge in [0.05, 0.1) is 0 Å². The Morgan fingerprint density at radius 1 is 1.17 bits per heavy atom. The summed E-state index contributed by atoms with van der Waals surface area (Å²) < 4.78 is 10.6. The molecule has 2 aliphatic rings. The number of amides is 3. The predicted molar refractivity (Wildman–Crippen MR) is 116 cm³/mol. The summed E-state index contributed by atoms with van der Waals surface area (Å²) in [5.74, 6) is 1.32. The van der Waals surface area contributed by atoms with Crippen molar-refractivity contribution in [3.63, 3.8) is 0 Å². The Bertz CT molecular complexity index is 936. The van der Waals surface area contributed by atoms with Crippen molar-refractivity contribution in [1.29, 1.82) is 0 Å². The monoisotopic (exact) mass is 427 g/mol. The molecule has 30 heavy (non-hydrogen) atoms. The molecule has 2 heterocycles. The fraction of sp³-hybridized carbons (Fsp3) is 0.364. The topological polar surface area (TPSA) is 79.9 Å². The average molecular weight is 428 g/mol. The number of rotatable bonds is 5. The van der Waals surface area contributed by atoms with Gasteiger partial charge in [0.2, 0.25) is 6.79 Å². The normalized spacial score (nSPS) is 17.5. The van der Waals surface area contributed by atoms with Crippen molar-refractivity contribution in [2.75, 3.05) is 38.0 Å². The fourth-order valence-corrected chi connectivity index (χ4v) is 4.16.